The minimum absolute atomic E-state index is 0.0375. The molecule has 0 unspecified atom stereocenters. The molecule has 2 aromatic rings. The smallest absolute Gasteiger partial charge is 0.253 e. The second-order valence-electron chi connectivity index (χ2n) is 7.13. The maximum atomic E-state index is 12.8. The number of hydrogen-bond acceptors (Lipinski definition) is 5. The summed E-state index contributed by atoms with van der Waals surface area (Å²) in [6.45, 7) is 4.06. The number of benzene rings is 1. The Bertz CT molecular complexity index is 891. The standard InChI is InChI=1S/C21H23N3O4/c1-14-4-7-22-19(12-14)23-20(25)15-5-8-24(9-6-15)21(26)16-2-3-17-18(13-16)28-11-10-27-17/h2-4,7,12-13,15H,5-6,8-11H2,1H3,(H,22,23,25). The molecule has 1 saturated heterocycles. The first kappa shape index (κ1) is 18.3. The molecular weight excluding hydrogens is 358 g/mol. The predicted octanol–water partition coefficient (Wildman–Crippen LogP) is 2.65. The number of anilines is 1. The van der Waals surface area contributed by atoms with Gasteiger partial charge in [-0.05, 0) is 55.7 Å². The van der Waals surface area contributed by atoms with Crippen LogP contribution in [-0.4, -0.2) is 48.0 Å². The highest BCUT2D eigenvalue weighted by Gasteiger charge is 2.28. The van der Waals surface area contributed by atoms with Crippen LogP contribution < -0.4 is 14.8 Å². The minimum atomic E-state index is -0.119. The van der Waals surface area contributed by atoms with Crippen molar-refractivity contribution in [2.24, 2.45) is 5.92 Å². The summed E-state index contributed by atoms with van der Waals surface area (Å²) in [7, 11) is 0. The van der Waals surface area contributed by atoms with Crippen LogP contribution in [0.3, 0.4) is 0 Å². The molecule has 7 heteroatoms. The van der Waals surface area contributed by atoms with Gasteiger partial charge in [0.2, 0.25) is 5.91 Å². The summed E-state index contributed by atoms with van der Waals surface area (Å²) in [5, 5.41) is 2.88. The lowest BCUT2D eigenvalue weighted by molar-refractivity contribution is -0.121. The summed E-state index contributed by atoms with van der Waals surface area (Å²) in [6.07, 6.45) is 2.95. The lowest BCUT2D eigenvalue weighted by Gasteiger charge is -2.31. The Labute approximate surface area is 163 Å². The minimum Gasteiger partial charge on any atom is -0.486 e. The molecule has 1 aromatic carbocycles. The molecule has 0 spiro atoms. The van der Waals surface area contributed by atoms with Crippen LogP contribution in [0.4, 0.5) is 5.82 Å². The van der Waals surface area contributed by atoms with Crippen molar-refractivity contribution in [2.75, 3.05) is 31.6 Å². The molecular formula is C21H23N3O4. The molecule has 146 valence electrons. The van der Waals surface area contributed by atoms with Crippen LogP contribution in [0.2, 0.25) is 0 Å². The van der Waals surface area contributed by atoms with Gasteiger partial charge in [0.1, 0.15) is 19.0 Å². The van der Waals surface area contributed by atoms with Crippen LogP contribution in [0.15, 0.2) is 36.5 Å². The van der Waals surface area contributed by atoms with Crippen molar-refractivity contribution in [3.05, 3.63) is 47.7 Å². The van der Waals surface area contributed by atoms with Gasteiger partial charge in [-0.2, -0.15) is 0 Å². The molecule has 4 rings (SSSR count). The number of rotatable bonds is 3. The number of amides is 2. The van der Waals surface area contributed by atoms with Crippen LogP contribution in [0.1, 0.15) is 28.8 Å². The molecule has 1 N–H and O–H groups in total. The first-order valence-electron chi connectivity index (χ1n) is 9.52. The highest BCUT2D eigenvalue weighted by atomic mass is 16.6. The number of likely N-dealkylation sites (tertiary alicyclic amines) is 1. The van der Waals surface area contributed by atoms with Crippen molar-refractivity contribution in [3.63, 3.8) is 0 Å². The van der Waals surface area contributed by atoms with E-state index in [1.165, 1.54) is 0 Å². The average molecular weight is 381 g/mol. The number of piperidine rings is 1. The van der Waals surface area contributed by atoms with Crippen molar-refractivity contribution in [2.45, 2.75) is 19.8 Å². The summed E-state index contributed by atoms with van der Waals surface area (Å²) >= 11 is 0. The van der Waals surface area contributed by atoms with Gasteiger partial charge in [0.25, 0.3) is 5.91 Å². The monoisotopic (exact) mass is 381 g/mol. The van der Waals surface area contributed by atoms with Crippen LogP contribution in [0.5, 0.6) is 11.5 Å². The van der Waals surface area contributed by atoms with Gasteiger partial charge in [-0.1, -0.05) is 0 Å². The molecule has 2 aliphatic rings. The van der Waals surface area contributed by atoms with E-state index < -0.39 is 0 Å². The summed E-state index contributed by atoms with van der Waals surface area (Å²) in [5.74, 6) is 1.65. The number of fused-ring (bicyclic) bond motifs is 1. The first-order chi connectivity index (χ1) is 13.6. The zero-order chi connectivity index (χ0) is 19.5. The maximum Gasteiger partial charge on any atom is 0.253 e. The van der Waals surface area contributed by atoms with Crippen molar-refractivity contribution >= 4 is 17.6 Å². The van der Waals surface area contributed by atoms with Crippen LogP contribution in [-0.2, 0) is 4.79 Å². The van der Waals surface area contributed by atoms with Gasteiger partial charge in [0.05, 0.1) is 0 Å². The fraction of sp³-hybridized carbons (Fsp3) is 0.381. The van der Waals surface area contributed by atoms with Crippen molar-refractivity contribution < 1.29 is 19.1 Å². The van der Waals surface area contributed by atoms with Gasteiger partial charge in [-0.3, -0.25) is 9.59 Å². The highest BCUT2D eigenvalue weighted by molar-refractivity contribution is 5.95. The largest absolute Gasteiger partial charge is 0.486 e. The zero-order valence-electron chi connectivity index (χ0n) is 15.8. The Morgan fingerprint density at radius 3 is 2.57 bits per heavy atom. The number of nitrogens with one attached hydrogen (secondary N) is 1. The molecule has 28 heavy (non-hydrogen) atoms. The van der Waals surface area contributed by atoms with Crippen molar-refractivity contribution in [1.82, 2.24) is 9.88 Å². The van der Waals surface area contributed by atoms with E-state index in [-0.39, 0.29) is 17.7 Å². The van der Waals surface area contributed by atoms with Crippen molar-refractivity contribution in [3.8, 4) is 11.5 Å². The Hall–Kier alpha value is -3.09. The fourth-order valence-electron chi connectivity index (χ4n) is 3.54. The molecule has 0 atom stereocenters. The van der Waals surface area contributed by atoms with Gasteiger partial charge >= 0.3 is 0 Å². The lowest BCUT2D eigenvalue weighted by Crippen LogP contribution is -2.41. The molecule has 7 nitrogen and oxygen atoms in total. The third kappa shape index (κ3) is 3.93. The topological polar surface area (TPSA) is 80.8 Å². The molecule has 1 aromatic heterocycles. The third-order valence-electron chi connectivity index (χ3n) is 5.11. The molecule has 1 fully saturated rings. The number of hydrogen-bond donors (Lipinski definition) is 1. The van der Waals surface area contributed by atoms with Crippen LogP contribution >= 0.6 is 0 Å². The SMILES string of the molecule is Cc1ccnc(NC(=O)C2CCN(C(=O)c3ccc4c(c3)OCCO4)CC2)c1. The number of nitrogens with zero attached hydrogens (tertiary/aromatic N) is 2. The van der Waals surface area contributed by atoms with E-state index in [4.69, 9.17) is 9.47 Å². The molecule has 0 bridgehead atoms. The predicted molar refractivity (Wildman–Crippen MR) is 104 cm³/mol. The highest BCUT2D eigenvalue weighted by Crippen LogP contribution is 2.31. The van der Waals surface area contributed by atoms with Gasteiger partial charge in [-0.25, -0.2) is 4.98 Å². The van der Waals surface area contributed by atoms with Crippen LogP contribution in [0.25, 0.3) is 0 Å². The molecule has 2 aliphatic heterocycles. The normalized spacial score (nSPS) is 16.5. The molecule has 0 saturated carbocycles. The van der Waals surface area contributed by atoms with E-state index in [0.29, 0.717) is 62.0 Å². The van der Waals surface area contributed by atoms with Gasteiger partial charge < -0.3 is 19.7 Å². The Kier molecular flexibility index (Phi) is 5.14. The number of aryl methyl sites for hydroxylation is 1. The molecule has 2 amide bonds. The molecule has 3 heterocycles. The average Bonchev–Trinajstić information content (AvgIpc) is 2.73. The fourth-order valence-corrected chi connectivity index (χ4v) is 3.54. The van der Waals surface area contributed by atoms with Gasteiger partial charge in [0, 0.05) is 30.8 Å². The second-order valence-corrected chi connectivity index (χ2v) is 7.13. The van der Waals surface area contributed by atoms with E-state index in [9.17, 15) is 9.59 Å². The number of ether oxygens (including phenoxy) is 2. The summed E-state index contributed by atoms with van der Waals surface area (Å²) in [4.78, 5) is 31.3. The Morgan fingerprint density at radius 2 is 1.82 bits per heavy atom. The summed E-state index contributed by atoms with van der Waals surface area (Å²) in [6, 6.07) is 9.00. The number of aromatic nitrogens is 1. The Balaban J connectivity index is 1.34. The van der Waals surface area contributed by atoms with E-state index in [1.54, 1.807) is 29.3 Å². The third-order valence-corrected chi connectivity index (χ3v) is 5.11. The summed E-state index contributed by atoms with van der Waals surface area (Å²) < 4.78 is 11.1. The zero-order valence-corrected chi connectivity index (χ0v) is 15.8. The second kappa shape index (κ2) is 7.88. The molecule has 0 radical (unpaired) electrons. The van der Waals surface area contributed by atoms with Crippen molar-refractivity contribution in [1.29, 1.82) is 0 Å². The number of carbonyl (C=O) groups excluding carboxylic acids is 2. The van der Waals surface area contributed by atoms with Crippen LogP contribution in [0, 0.1) is 12.8 Å². The van der Waals surface area contributed by atoms with Gasteiger partial charge in [-0.15, -0.1) is 0 Å². The summed E-state index contributed by atoms with van der Waals surface area (Å²) in [5.41, 5.74) is 1.63. The first-order valence-corrected chi connectivity index (χ1v) is 9.52. The Morgan fingerprint density at radius 1 is 1.07 bits per heavy atom. The molecule has 0 aliphatic carbocycles. The quantitative estimate of drug-likeness (QED) is 0.884. The number of carbonyl (C=O) groups is 2. The maximum absolute atomic E-state index is 12.8. The van der Waals surface area contributed by atoms with E-state index in [2.05, 4.69) is 10.3 Å². The number of pyridine rings is 1. The van der Waals surface area contributed by atoms with Gasteiger partial charge in [0.15, 0.2) is 11.5 Å². The van der Waals surface area contributed by atoms with E-state index >= 15 is 0 Å². The lowest BCUT2D eigenvalue weighted by atomic mass is 9.95. The van der Waals surface area contributed by atoms with E-state index in [0.717, 1.165) is 5.56 Å². The van der Waals surface area contributed by atoms with E-state index in [1.807, 2.05) is 19.1 Å².